The zero-order valence-electron chi connectivity index (χ0n) is 12.8. The van der Waals surface area contributed by atoms with E-state index in [9.17, 15) is 9.59 Å². The zero-order chi connectivity index (χ0) is 16.3. The molecule has 0 aliphatic rings. The van der Waals surface area contributed by atoms with Crippen molar-refractivity contribution in [3.8, 4) is 0 Å². The molecule has 0 saturated heterocycles. The fourth-order valence-corrected chi connectivity index (χ4v) is 2.30. The second-order valence-corrected chi connectivity index (χ2v) is 5.02. The number of nitrogens with zero attached hydrogens (tertiary/aromatic N) is 2. The fraction of sp³-hybridized carbons (Fsp3) is 0.400. The van der Waals surface area contributed by atoms with Gasteiger partial charge in [-0.3, -0.25) is 9.48 Å². The van der Waals surface area contributed by atoms with Crippen molar-refractivity contribution in [1.82, 2.24) is 15.1 Å². The minimum absolute atomic E-state index is 0.129. The van der Waals surface area contributed by atoms with E-state index in [1.165, 1.54) is 12.1 Å². The van der Waals surface area contributed by atoms with Gasteiger partial charge in [-0.1, -0.05) is 6.92 Å². The molecule has 7 heteroatoms. The van der Waals surface area contributed by atoms with Crippen LogP contribution < -0.4 is 5.32 Å². The summed E-state index contributed by atoms with van der Waals surface area (Å²) >= 11 is 0. The summed E-state index contributed by atoms with van der Waals surface area (Å²) in [5.41, 5.74) is 2.05. The summed E-state index contributed by atoms with van der Waals surface area (Å²) in [7, 11) is 0. The van der Waals surface area contributed by atoms with Gasteiger partial charge in [-0.25, -0.2) is 4.79 Å². The summed E-state index contributed by atoms with van der Waals surface area (Å²) in [5, 5.41) is 15.9. The average Bonchev–Trinajstić information content (AvgIpc) is 3.03. The van der Waals surface area contributed by atoms with Gasteiger partial charge in [-0.2, -0.15) is 5.10 Å². The Kier molecular flexibility index (Phi) is 4.65. The molecule has 0 aliphatic carbocycles. The SMILES string of the molecule is CCCn1nc(C)c(C(=O)NCc2ccc(C(=O)O)o2)c1C. The third kappa shape index (κ3) is 3.19. The number of aryl methyl sites for hydroxylation is 2. The first kappa shape index (κ1) is 15.8. The highest BCUT2D eigenvalue weighted by Crippen LogP contribution is 2.14. The van der Waals surface area contributed by atoms with Gasteiger partial charge >= 0.3 is 5.97 Å². The third-order valence-electron chi connectivity index (χ3n) is 3.34. The number of hydrogen-bond donors (Lipinski definition) is 2. The highest BCUT2D eigenvalue weighted by molar-refractivity contribution is 5.96. The molecule has 0 unspecified atom stereocenters. The zero-order valence-corrected chi connectivity index (χ0v) is 12.8. The maximum Gasteiger partial charge on any atom is 0.371 e. The molecule has 2 heterocycles. The predicted molar refractivity (Wildman–Crippen MR) is 78.8 cm³/mol. The normalized spacial score (nSPS) is 10.7. The van der Waals surface area contributed by atoms with Crippen LogP contribution in [0.4, 0.5) is 0 Å². The molecule has 0 fully saturated rings. The van der Waals surface area contributed by atoms with E-state index in [1.807, 2.05) is 18.5 Å². The topological polar surface area (TPSA) is 97.4 Å². The van der Waals surface area contributed by atoms with E-state index in [1.54, 1.807) is 6.92 Å². The summed E-state index contributed by atoms with van der Waals surface area (Å²) in [5.74, 6) is -1.13. The van der Waals surface area contributed by atoms with Crippen molar-refractivity contribution >= 4 is 11.9 Å². The maximum atomic E-state index is 12.3. The number of furan rings is 1. The smallest absolute Gasteiger partial charge is 0.371 e. The second-order valence-electron chi connectivity index (χ2n) is 5.02. The number of rotatable bonds is 6. The minimum atomic E-state index is -1.13. The van der Waals surface area contributed by atoms with Crippen LogP contribution in [0, 0.1) is 13.8 Å². The van der Waals surface area contributed by atoms with Gasteiger partial charge in [0.1, 0.15) is 5.76 Å². The van der Waals surface area contributed by atoms with Gasteiger partial charge in [-0.05, 0) is 32.4 Å². The van der Waals surface area contributed by atoms with Crippen LogP contribution in [0.25, 0.3) is 0 Å². The maximum absolute atomic E-state index is 12.3. The molecular weight excluding hydrogens is 286 g/mol. The number of carbonyl (C=O) groups excluding carboxylic acids is 1. The van der Waals surface area contributed by atoms with Crippen LogP contribution in [0.15, 0.2) is 16.5 Å². The van der Waals surface area contributed by atoms with Crippen molar-refractivity contribution < 1.29 is 19.1 Å². The number of carbonyl (C=O) groups is 2. The Balaban J connectivity index is 2.07. The quantitative estimate of drug-likeness (QED) is 0.852. The van der Waals surface area contributed by atoms with Crippen molar-refractivity contribution in [2.45, 2.75) is 40.3 Å². The van der Waals surface area contributed by atoms with Crippen LogP contribution in [0.3, 0.4) is 0 Å². The molecule has 7 nitrogen and oxygen atoms in total. The van der Waals surface area contributed by atoms with Crippen LogP contribution in [0.2, 0.25) is 0 Å². The molecule has 0 atom stereocenters. The van der Waals surface area contributed by atoms with E-state index >= 15 is 0 Å². The molecule has 0 aliphatic heterocycles. The summed E-state index contributed by atoms with van der Waals surface area (Å²) in [6.45, 7) is 6.60. The lowest BCUT2D eigenvalue weighted by Crippen LogP contribution is -2.23. The van der Waals surface area contributed by atoms with Crippen LogP contribution in [-0.2, 0) is 13.1 Å². The van der Waals surface area contributed by atoms with Crippen LogP contribution in [-0.4, -0.2) is 26.8 Å². The number of nitrogens with one attached hydrogen (secondary N) is 1. The molecule has 0 bridgehead atoms. The van der Waals surface area contributed by atoms with Gasteiger partial charge in [-0.15, -0.1) is 0 Å². The minimum Gasteiger partial charge on any atom is -0.475 e. The van der Waals surface area contributed by atoms with Crippen molar-refractivity contribution in [2.75, 3.05) is 0 Å². The number of carboxylic acid groups (broad SMARTS) is 1. The summed E-state index contributed by atoms with van der Waals surface area (Å²) in [6.07, 6.45) is 0.938. The molecule has 22 heavy (non-hydrogen) atoms. The Morgan fingerprint density at radius 2 is 2.09 bits per heavy atom. The van der Waals surface area contributed by atoms with Gasteiger partial charge < -0.3 is 14.8 Å². The van der Waals surface area contributed by atoms with Gasteiger partial charge in [0.05, 0.1) is 17.8 Å². The van der Waals surface area contributed by atoms with Gasteiger partial charge in [0.15, 0.2) is 0 Å². The van der Waals surface area contributed by atoms with Crippen molar-refractivity contribution in [2.24, 2.45) is 0 Å². The van der Waals surface area contributed by atoms with Crippen molar-refractivity contribution in [3.63, 3.8) is 0 Å². The Bertz CT molecular complexity index is 700. The van der Waals surface area contributed by atoms with Crippen LogP contribution in [0.1, 0.15) is 51.4 Å². The van der Waals surface area contributed by atoms with Crippen LogP contribution in [0.5, 0.6) is 0 Å². The van der Waals surface area contributed by atoms with E-state index in [2.05, 4.69) is 10.4 Å². The molecule has 0 spiro atoms. The second kappa shape index (κ2) is 6.46. The van der Waals surface area contributed by atoms with E-state index < -0.39 is 5.97 Å². The van der Waals surface area contributed by atoms with E-state index in [0.29, 0.717) is 17.0 Å². The van der Waals surface area contributed by atoms with Crippen molar-refractivity contribution in [3.05, 3.63) is 40.6 Å². The number of carboxylic acids is 1. The number of aromatic nitrogens is 2. The summed E-state index contributed by atoms with van der Waals surface area (Å²) in [4.78, 5) is 23.0. The number of aromatic carboxylic acids is 1. The molecule has 0 aromatic carbocycles. The monoisotopic (exact) mass is 305 g/mol. The lowest BCUT2D eigenvalue weighted by atomic mass is 10.2. The Morgan fingerprint density at radius 1 is 1.36 bits per heavy atom. The first-order chi connectivity index (χ1) is 10.4. The summed E-state index contributed by atoms with van der Waals surface area (Å²) in [6, 6.07) is 2.89. The lowest BCUT2D eigenvalue weighted by molar-refractivity contribution is 0.0660. The van der Waals surface area contributed by atoms with E-state index in [4.69, 9.17) is 9.52 Å². The number of hydrogen-bond acceptors (Lipinski definition) is 4. The first-order valence-electron chi connectivity index (χ1n) is 7.08. The molecular formula is C15H19N3O4. The van der Waals surface area contributed by atoms with Gasteiger partial charge in [0.2, 0.25) is 5.76 Å². The van der Waals surface area contributed by atoms with Gasteiger partial charge in [0.25, 0.3) is 5.91 Å². The highest BCUT2D eigenvalue weighted by Gasteiger charge is 2.18. The Labute approximate surface area is 127 Å². The summed E-state index contributed by atoms with van der Waals surface area (Å²) < 4.78 is 6.92. The number of amides is 1. The molecule has 2 aromatic heterocycles. The molecule has 2 aromatic rings. The van der Waals surface area contributed by atoms with Gasteiger partial charge in [0, 0.05) is 12.2 Å². The molecule has 1 amide bonds. The van der Waals surface area contributed by atoms with Crippen molar-refractivity contribution in [1.29, 1.82) is 0 Å². The molecule has 0 radical (unpaired) electrons. The van der Waals surface area contributed by atoms with Crippen LogP contribution >= 0.6 is 0 Å². The molecule has 118 valence electrons. The lowest BCUT2D eigenvalue weighted by Gasteiger charge is -2.05. The Morgan fingerprint density at radius 3 is 2.68 bits per heavy atom. The molecule has 0 saturated carbocycles. The first-order valence-corrected chi connectivity index (χ1v) is 7.08. The third-order valence-corrected chi connectivity index (χ3v) is 3.34. The Hall–Kier alpha value is -2.57. The molecule has 2 rings (SSSR count). The van der Waals surface area contributed by atoms with E-state index in [-0.39, 0.29) is 18.2 Å². The fourth-order valence-electron chi connectivity index (χ4n) is 2.30. The average molecular weight is 305 g/mol. The predicted octanol–water partition coefficient (Wildman–Crippen LogP) is 2.13. The molecule has 2 N–H and O–H groups in total. The standard InChI is InChI=1S/C15H19N3O4/c1-4-7-18-10(3)13(9(2)17-18)14(19)16-8-11-5-6-12(22-11)15(20)21/h5-6H,4,7-8H2,1-3H3,(H,16,19)(H,20,21). The largest absolute Gasteiger partial charge is 0.475 e. The van der Waals surface area contributed by atoms with E-state index in [0.717, 1.165) is 18.7 Å². The highest BCUT2D eigenvalue weighted by atomic mass is 16.4.